The minimum absolute atomic E-state index is 0.165. The maximum Gasteiger partial charge on any atom is 0.159 e. The van der Waals surface area contributed by atoms with Gasteiger partial charge in [-0.2, -0.15) is 0 Å². The summed E-state index contributed by atoms with van der Waals surface area (Å²) >= 11 is 0. The first-order valence-electron chi connectivity index (χ1n) is 10.9. The number of hydrogen-bond donors (Lipinski definition) is 1. The van der Waals surface area contributed by atoms with Crippen LogP contribution in [0.25, 0.3) is 11.4 Å². The zero-order chi connectivity index (χ0) is 19.8. The van der Waals surface area contributed by atoms with Crippen LogP contribution in [0.1, 0.15) is 54.7 Å². The number of aromatic amines is 1. The van der Waals surface area contributed by atoms with Gasteiger partial charge in [-0.1, -0.05) is 37.3 Å². The third-order valence-corrected chi connectivity index (χ3v) is 6.67. The van der Waals surface area contributed by atoms with Crippen molar-refractivity contribution in [1.29, 1.82) is 0 Å². The van der Waals surface area contributed by atoms with Crippen LogP contribution in [0.5, 0.6) is 0 Å². The van der Waals surface area contributed by atoms with E-state index in [1.165, 1.54) is 41.9 Å². The van der Waals surface area contributed by atoms with Gasteiger partial charge in [-0.05, 0) is 44.7 Å². The average molecular weight is 388 g/mol. The zero-order valence-corrected chi connectivity index (χ0v) is 17.4. The van der Waals surface area contributed by atoms with Crippen molar-refractivity contribution in [2.75, 3.05) is 13.1 Å². The molecular weight excluding hydrogens is 358 g/mol. The van der Waals surface area contributed by atoms with Crippen LogP contribution in [0.3, 0.4) is 0 Å². The van der Waals surface area contributed by atoms with Gasteiger partial charge in [-0.3, -0.25) is 4.90 Å². The lowest BCUT2D eigenvalue weighted by Gasteiger charge is -2.40. The normalized spacial score (nSPS) is 21.6. The second-order valence-corrected chi connectivity index (χ2v) is 8.64. The predicted octanol–water partition coefficient (Wildman–Crippen LogP) is 4.22. The molecule has 3 heterocycles. The van der Waals surface area contributed by atoms with E-state index in [4.69, 9.17) is 9.97 Å². The Morgan fingerprint density at radius 2 is 2.00 bits per heavy atom. The Kier molecular flexibility index (Phi) is 4.70. The van der Waals surface area contributed by atoms with Gasteiger partial charge in [0.1, 0.15) is 5.82 Å². The summed E-state index contributed by atoms with van der Waals surface area (Å²) in [6.45, 7) is 7.43. The van der Waals surface area contributed by atoms with E-state index in [2.05, 4.69) is 59.2 Å². The van der Waals surface area contributed by atoms with Crippen LogP contribution in [0.4, 0.5) is 0 Å². The van der Waals surface area contributed by atoms with E-state index in [-0.39, 0.29) is 5.41 Å². The van der Waals surface area contributed by atoms with E-state index in [1.54, 1.807) is 0 Å². The highest BCUT2D eigenvalue weighted by Gasteiger charge is 2.43. The number of rotatable bonds is 4. The van der Waals surface area contributed by atoms with E-state index in [1.807, 2.05) is 6.07 Å². The largest absolute Gasteiger partial charge is 0.346 e. The molecule has 1 aromatic carbocycles. The molecule has 1 saturated heterocycles. The number of benzene rings is 1. The Bertz CT molecular complexity index is 1010. The highest BCUT2D eigenvalue weighted by molar-refractivity contribution is 5.55. The molecule has 5 nitrogen and oxygen atoms in total. The highest BCUT2D eigenvalue weighted by Crippen LogP contribution is 2.44. The number of imidazole rings is 1. The van der Waals surface area contributed by atoms with Gasteiger partial charge in [0.25, 0.3) is 0 Å². The summed E-state index contributed by atoms with van der Waals surface area (Å²) in [5.74, 6) is 1.95. The first kappa shape index (κ1) is 18.5. The SMILES string of the molecule is CCc1nc(CN2CCCC3(CCc4cnc(-c5ccccc5)nc43)C2)c(C)[nH]1. The van der Waals surface area contributed by atoms with Gasteiger partial charge in [0, 0.05) is 42.4 Å². The second kappa shape index (κ2) is 7.38. The van der Waals surface area contributed by atoms with Gasteiger partial charge >= 0.3 is 0 Å². The number of hydrogen-bond acceptors (Lipinski definition) is 4. The van der Waals surface area contributed by atoms with Crippen molar-refractivity contribution in [1.82, 2.24) is 24.8 Å². The first-order valence-corrected chi connectivity index (χ1v) is 10.9. The molecule has 29 heavy (non-hydrogen) atoms. The summed E-state index contributed by atoms with van der Waals surface area (Å²) in [6, 6.07) is 10.4. The Hall–Kier alpha value is -2.53. The average Bonchev–Trinajstić information content (AvgIpc) is 3.29. The van der Waals surface area contributed by atoms with Crippen molar-refractivity contribution in [2.45, 2.75) is 57.9 Å². The van der Waals surface area contributed by atoms with Gasteiger partial charge in [-0.25, -0.2) is 15.0 Å². The van der Waals surface area contributed by atoms with Crippen LogP contribution in [0, 0.1) is 6.92 Å². The Morgan fingerprint density at radius 1 is 1.14 bits per heavy atom. The van der Waals surface area contributed by atoms with Crippen molar-refractivity contribution in [2.24, 2.45) is 0 Å². The molecule has 1 aliphatic carbocycles. The molecule has 1 aliphatic heterocycles. The van der Waals surface area contributed by atoms with Crippen molar-refractivity contribution in [3.05, 3.63) is 65.0 Å². The summed E-state index contributed by atoms with van der Waals surface area (Å²) in [7, 11) is 0. The Morgan fingerprint density at radius 3 is 2.79 bits per heavy atom. The molecule has 1 N–H and O–H groups in total. The van der Waals surface area contributed by atoms with Crippen LogP contribution < -0.4 is 0 Å². The molecule has 3 aromatic rings. The summed E-state index contributed by atoms with van der Waals surface area (Å²) in [5, 5.41) is 0. The van der Waals surface area contributed by atoms with Crippen LogP contribution in [0.15, 0.2) is 36.5 Å². The quantitative estimate of drug-likeness (QED) is 0.728. The summed E-state index contributed by atoms with van der Waals surface area (Å²) in [4.78, 5) is 20.6. The molecule has 0 amide bonds. The van der Waals surface area contributed by atoms with Gasteiger partial charge in [0.05, 0.1) is 11.4 Å². The fourth-order valence-electron chi connectivity index (χ4n) is 5.12. The topological polar surface area (TPSA) is 57.7 Å². The molecule has 1 spiro atoms. The number of fused-ring (bicyclic) bond motifs is 2. The molecule has 0 bridgehead atoms. The van der Waals surface area contributed by atoms with E-state index >= 15 is 0 Å². The molecule has 1 atom stereocenters. The molecule has 150 valence electrons. The van der Waals surface area contributed by atoms with E-state index in [0.29, 0.717) is 0 Å². The van der Waals surface area contributed by atoms with Crippen LogP contribution >= 0.6 is 0 Å². The molecule has 1 fully saturated rings. The lowest BCUT2D eigenvalue weighted by molar-refractivity contribution is 0.135. The van der Waals surface area contributed by atoms with Crippen LogP contribution in [-0.2, 0) is 24.8 Å². The number of likely N-dealkylation sites (tertiary alicyclic amines) is 1. The first-order chi connectivity index (χ1) is 14.2. The van der Waals surface area contributed by atoms with Crippen molar-refractivity contribution in [3.8, 4) is 11.4 Å². The monoisotopic (exact) mass is 387 g/mol. The smallest absolute Gasteiger partial charge is 0.159 e. The van der Waals surface area contributed by atoms with Crippen LogP contribution in [0.2, 0.25) is 0 Å². The maximum absolute atomic E-state index is 5.12. The van der Waals surface area contributed by atoms with Crippen molar-refractivity contribution < 1.29 is 0 Å². The zero-order valence-electron chi connectivity index (χ0n) is 17.4. The van der Waals surface area contributed by atoms with Gasteiger partial charge in [0.2, 0.25) is 0 Å². The number of aromatic nitrogens is 4. The molecular formula is C24H29N5. The lowest BCUT2D eigenvalue weighted by Crippen LogP contribution is -2.45. The van der Waals surface area contributed by atoms with E-state index in [0.717, 1.165) is 49.7 Å². The number of nitrogens with zero attached hydrogens (tertiary/aromatic N) is 4. The van der Waals surface area contributed by atoms with Crippen molar-refractivity contribution in [3.63, 3.8) is 0 Å². The molecule has 0 saturated carbocycles. The van der Waals surface area contributed by atoms with E-state index < -0.39 is 0 Å². The number of H-pyrrole nitrogens is 1. The number of nitrogens with one attached hydrogen (secondary N) is 1. The number of aryl methyl sites for hydroxylation is 3. The fourth-order valence-corrected chi connectivity index (χ4v) is 5.12. The van der Waals surface area contributed by atoms with E-state index in [9.17, 15) is 0 Å². The molecule has 2 aliphatic rings. The fraction of sp³-hybridized carbons (Fsp3) is 0.458. The lowest BCUT2D eigenvalue weighted by atomic mass is 9.77. The summed E-state index contributed by atoms with van der Waals surface area (Å²) in [6.07, 6.45) is 7.75. The van der Waals surface area contributed by atoms with Gasteiger partial charge in [0.15, 0.2) is 5.82 Å². The molecule has 2 aromatic heterocycles. The van der Waals surface area contributed by atoms with Gasteiger partial charge in [-0.15, -0.1) is 0 Å². The molecule has 5 heteroatoms. The van der Waals surface area contributed by atoms with Gasteiger partial charge < -0.3 is 4.98 Å². The minimum atomic E-state index is 0.165. The highest BCUT2D eigenvalue weighted by atomic mass is 15.2. The summed E-state index contributed by atoms with van der Waals surface area (Å²) in [5.41, 5.74) is 6.31. The third kappa shape index (κ3) is 3.38. The minimum Gasteiger partial charge on any atom is -0.346 e. The molecule has 1 unspecified atom stereocenters. The Labute approximate surface area is 172 Å². The third-order valence-electron chi connectivity index (χ3n) is 6.67. The summed E-state index contributed by atoms with van der Waals surface area (Å²) < 4.78 is 0. The second-order valence-electron chi connectivity index (χ2n) is 8.64. The van der Waals surface area contributed by atoms with Crippen molar-refractivity contribution >= 4 is 0 Å². The van der Waals surface area contributed by atoms with Crippen LogP contribution in [-0.4, -0.2) is 37.9 Å². The predicted molar refractivity (Wildman–Crippen MR) is 115 cm³/mol. The standard InChI is InChI=1S/C24H29N5/c1-3-21-26-17(2)20(27-21)15-29-13-7-11-24(16-29)12-10-19-14-25-23(28-22(19)24)18-8-5-4-6-9-18/h4-6,8-9,14H,3,7,10-13,15-16H2,1-2H3,(H,26,27). The Balaban J connectivity index is 1.42. The molecule has 5 rings (SSSR count). The maximum atomic E-state index is 5.12. The number of piperidine rings is 1. The molecule has 0 radical (unpaired) electrons.